The monoisotopic (exact) mass is 436 g/mol. The number of H-pyrrole nitrogens is 1. The number of aliphatic hydroxyl groups excluding tert-OH is 1. The van der Waals surface area contributed by atoms with Gasteiger partial charge in [-0.3, -0.25) is 27.9 Å². The fraction of sp³-hybridized carbons (Fsp3) is 0.636. The van der Waals surface area contributed by atoms with Crippen molar-refractivity contribution >= 4 is 42.6 Å². The Balaban J connectivity index is 1.86. The molecule has 0 spiro atoms. The predicted molar refractivity (Wildman–Crippen MR) is 85.9 cm³/mol. The van der Waals surface area contributed by atoms with Gasteiger partial charge in [-0.05, 0) is 0 Å². The van der Waals surface area contributed by atoms with E-state index < -0.39 is 60.6 Å². The van der Waals surface area contributed by atoms with Gasteiger partial charge in [0.2, 0.25) is 3.79 Å². The van der Waals surface area contributed by atoms with E-state index in [1.165, 1.54) is 6.20 Å². The molecule has 2 fully saturated rings. The van der Waals surface area contributed by atoms with E-state index in [1.807, 2.05) is 0 Å². The number of hydrogen-bond acceptors (Lipinski definition) is 8. The molecule has 0 amide bonds. The van der Waals surface area contributed by atoms with Crippen LogP contribution in [-0.2, 0) is 22.9 Å². The minimum Gasteiger partial charge on any atom is -0.394 e. The van der Waals surface area contributed by atoms with Crippen LogP contribution in [0.5, 0.6) is 0 Å². The Morgan fingerprint density at radius 3 is 2.60 bits per heavy atom. The molecule has 1 aromatic heterocycles. The van der Waals surface area contributed by atoms with Crippen molar-refractivity contribution in [3.8, 4) is 0 Å². The van der Waals surface area contributed by atoms with Crippen molar-refractivity contribution in [1.82, 2.24) is 9.55 Å². The molecule has 2 N–H and O–H groups in total. The van der Waals surface area contributed by atoms with E-state index in [4.69, 9.17) is 53.1 Å². The molecule has 0 aromatic carbocycles. The van der Waals surface area contributed by atoms with Gasteiger partial charge in [-0.25, -0.2) is 9.36 Å². The largest absolute Gasteiger partial charge is 0.475 e. The van der Waals surface area contributed by atoms with Gasteiger partial charge in [-0.2, -0.15) is 0 Å². The Hall–Kier alpha value is -0.420. The average Bonchev–Trinajstić information content (AvgIpc) is 3.00. The zero-order chi connectivity index (χ0) is 18.4. The molecule has 0 radical (unpaired) electrons. The number of fused-ring (bicyclic) bond motifs is 1. The first-order chi connectivity index (χ1) is 11.6. The maximum Gasteiger partial charge on any atom is 0.475 e. The lowest BCUT2D eigenvalue weighted by atomic mass is 10.1. The molecule has 25 heavy (non-hydrogen) atoms. The number of ether oxygens (including phenoxy) is 1. The van der Waals surface area contributed by atoms with Crippen LogP contribution in [-0.4, -0.2) is 50.0 Å². The molecule has 2 saturated heterocycles. The van der Waals surface area contributed by atoms with Crippen molar-refractivity contribution < 1.29 is 28.0 Å². The molecule has 5 atom stereocenters. The van der Waals surface area contributed by atoms with E-state index >= 15 is 0 Å². The first-order valence-electron chi connectivity index (χ1n) is 6.88. The van der Waals surface area contributed by atoms with Crippen LogP contribution in [0.25, 0.3) is 0 Å². The smallest absolute Gasteiger partial charge is 0.394 e. The molecule has 0 saturated carbocycles. The van der Waals surface area contributed by atoms with Crippen LogP contribution < -0.4 is 11.2 Å². The summed E-state index contributed by atoms with van der Waals surface area (Å²) < 4.78 is 32.7. The average molecular weight is 438 g/mol. The molecule has 140 valence electrons. The molecule has 0 bridgehead atoms. The normalized spacial score (nSPS) is 35.0. The summed E-state index contributed by atoms with van der Waals surface area (Å²) in [5.74, 6) is 0. The Bertz CT molecular complexity index is 807. The maximum absolute atomic E-state index is 12.5. The SMILES string of the molecule is O=c1ccn([C@@H]2O[C@H](CO)[C@H]3OP(=O)(OCC(Cl)(Cl)Cl)O[C@H]32)c(=O)[nH]1. The van der Waals surface area contributed by atoms with Crippen molar-refractivity contribution in [2.24, 2.45) is 0 Å². The summed E-state index contributed by atoms with van der Waals surface area (Å²) >= 11 is 16.6. The first-order valence-corrected chi connectivity index (χ1v) is 9.47. The van der Waals surface area contributed by atoms with Crippen LogP contribution in [0, 0.1) is 0 Å². The summed E-state index contributed by atoms with van der Waals surface area (Å²) in [4.78, 5) is 25.2. The number of halogens is 3. The number of nitrogens with one attached hydrogen (secondary N) is 1. The zero-order valence-electron chi connectivity index (χ0n) is 12.2. The molecular formula is C11H12Cl3N2O8P. The maximum atomic E-state index is 12.5. The van der Waals surface area contributed by atoms with Crippen molar-refractivity contribution in [2.75, 3.05) is 13.2 Å². The Morgan fingerprint density at radius 1 is 1.32 bits per heavy atom. The number of phosphoric ester groups is 1. The standard InChI is InChI=1S/C11H12Cl3N2O8P/c12-11(13,14)4-21-25(20)23-7-5(3-17)22-9(8(7)24-25)16-2-1-6(18)15-10(16)19/h1-2,5,7-9,17H,3-4H2,(H,15,18,19)/t5-,7-,8-,9-,25?/m1/s1. The highest BCUT2D eigenvalue weighted by Gasteiger charge is 2.59. The van der Waals surface area contributed by atoms with E-state index in [2.05, 4.69) is 4.98 Å². The molecule has 14 heteroatoms. The van der Waals surface area contributed by atoms with Crippen LogP contribution >= 0.6 is 42.6 Å². The molecule has 10 nitrogen and oxygen atoms in total. The highest BCUT2D eigenvalue weighted by atomic mass is 35.6. The van der Waals surface area contributed by atoms with Gasteiger partial charge in [0.1, 0.15) is 24.9 Å². The fourth-order valence-corrected chi connectivity index (χ4v) is 4.47. The fourth-order valence-electron chi connectivity index (χ4n) is 2.48. The zero-order valence-corrected chi connectivity index (χ0v) is 15.4. The van der Waals surface area contributed by atoms with Crippen molar-refractivity contribution in [1.29, 1.82) is 0 Å². The van der Waals surface area contributed by atoms with E-state index in [0.717, 1.165) is 10.6 Å². The van der Waals surface area contributed by atoms with Gasteiger partial charge in [0, 0.05) is 12.3 Å². The number of aliphatic hydroxyl groups is 1. The Morgan fingerprint density at radius 2 is 2.00 bits per heavy atom. The Kier molecular flexibility index (Phi) is 5.38. The van der Waals surface area contributed by atoms with Gasteiger partial charge < -0.3 is 9.84 Å². The summed E-state index contributed by atoms with van der Waals surface area (Å²) in [6.45, 7) is -1.06. The van der Waals surface area contributed by atoms with Crippen molar-refractivity contribution in [3.63, 3.8) is 0 Å². The number of phosphoric acid groups is 1. The van der Waals surface area contributed by atoms with Crippen molar-refractivity contribution in [3.05, 3.63) is 33.1 Å². The van der Waals surface area contributed by atoms with Crippen LogP contribution in [0.1, 0.15) is 6.23 Å². The molecule has 2 aliphatic heterocycles. The number of aromatic amines is 1. The number of rotatable bonds is 4. The number of alkyl halides is 3. The van der Waals surface area contributed by atoms with Gasteiger partial charge in [-0.15, -0.1) is 0 Å². The predicted octanol–water partition coefficient (Wildman–Crippen LogP) is 0.705. The molecule has 1 aromatic rings. The van der Waals surface area contributed by atoms with E-state index in [-0.39, 0.29) is 0 Å². The van der Waals surface area contributed by atoms with Gasteiger partial charge >= 0.3 is 13.5 Å². The second-order valence-electron chi connectivity index (χ2n) is 5.24. The van der Waals surface area contributed by atoms with Gasteiger partial charge in [-0.1, -0.05) is 34.8 Å². The summed E-state index contributed by atoms with van der Waals surface area (Å²) in [6.07, 6.45) is -2.92. The second-order valence-corrected chi connectivity index (χ2v) is 9.33. The minimum absolute atomic E-state index is 0.496. The van der Waals surface area contributed by atoms with E-state index in [1.54, 1.807) is 0 Å². The third-order valence-corrected chi connectivity index (χ3v) is 5.25. The lowest BCUT2D eigenvalue weighted by Crippen LogP contribution is -2.36. The van der Waals surface area contributed by atoms with Crippen molar-refractivity contribution in [2.45, 2.75) is 28.3 Å². The third-order valence-electron chi connectivity index (χ3n) is 3.48. The summed E-state index contributed by atoms with van der Waals surface area (Å²) in [6, 6.07) is 1.10. The molecule has 1 unspecified atom stereocenters. The topological polar surface area (TPSA) is 129 Å². The molecule has 3 heterocycles. The summed E-state index contributed by atoms with van der Waals surface area (Å²) in [5, 5.41) is 9.42. The molecule has 0 aliphatic carbocycles. The highest BCUT2D eigenvalue weighted by molar-refractivity contribution is 7.48. The summed E-state index contributed by atoms with van der Waals surface area (Å²) in [7, 11) is -4.11. The first kappa shape index (κ1) is 19.3. The lowest BCUT2D eigenvalue weighted by molar-refractivity contribution is -0.0640. The highest BCUT2D eigenvalue weighted by Crippen LogP contribution is 2.62. The van der Waals surface area contributed by atoms with E-state index in [9.17, 15) is 19.3 Å². The van der Waals surface area contributed by atoms with Crippen LogP contribution in [0.2, 0.25) is 0 Å². The van der Waals surface area contributed by atoms with Crippen LogP contribution in [0.4, 0.5) is 0 Å². The second kappa shape index (κ2) is 6.95. The van der Waals surface area contributed by atoms with Gasteiger partial charge in [0.15, 0.2) is 6.23 Å². The van der Waals surface area contributed by atoms with Crippen LogP contribution in [0.3, 0.4) is 0 Å². The van der Waals surface area contributed by atoms with E-state index in [0.29, 0.717) is 0 Å². The Labute approximate surface area is 155 Å². The molecule has 2 aliphatic rings. The quantitative estimate of drug-likeness (QED) is 0.520. The van der Waals surface area contributed by atoms with Crippen LogP contribution in [0.15, 0.2) is 21.9 Å². The molecule has 3 rings (SSSR count). The number of nitrogens with zero attached hydrogens (tertiary/aromatic N) is 1. The summed E-state index contributed by atoms with van der Waals surface area (Å²) in [5.41, 5.74) is -1.38. The third kappa shape index (κ3) is 4.13. The van der Waals surface area contributed by atoms with Gasteiger partial charge in [0.25, 0.3) is 5.56 Å². The van der Waals surface area contributed by atoms with Gasteiger partial charge in [0.05, 0.1) is 6.61 Å². The molecular weight excluding hydrogens is 425 g/mol. The number of aromatic nitrogens is 2. The number of hydrogen-bond donors (Lipinski definition) is 2. The lowest BCUT2D eigenvalue weighted by Gasteiger charge is -2.21. The minimum atomic E-state index is -4.11.